The molecule has 0 heterocycles. The molecular weight excluding hydrogens is 178 g/mol. The highest BCUT2D eigenvalue weighted by atomic mass is 16.5. The van der Waals surface area contributed by atoms with Crippen molar-refractivity contribution in [3.8, 4) is 0 Å². The minimum atomic E-state index is -0.309. The lowest BCUT2D eigenvalue weighted by atomic mass is 10.2. The van der Waals surface area contributed by atoms with Crippen LogP contribution >= 0.6 is 0 Å². The van der Waals surface area contributed by atoms with Crippen LogP contribution in [0, 0.1) is 0 Å². The molecule has 0 spiro atoms. The standard InChI is InChI=1S/C11H25NO2/c1-4-7-12(8-5-2)9-6-11(13)10-14-3/h11,13H,4-10H2,1-3H3. The maximum atomic E-state index is 9.48. The van der Waals surface area contributed by atoms with E-state index in [-0.39, 0.29) is 6.10 Å². The Morgan fingerprint density at radius 2 is 1.71 bits per heavy atom. The van der Waals surface area contributed by atoms with E-state index < -0.39 is 0 Å². The number of methoxy groups -OCH3 is 1. The highest BCUT2D eigenvalue weighted by molar-refractivity contribution is 4.61. The van der Waals surface area contributed by atoms with Crippen LogP contribution in [0.5, 0.6) is 0 Å². The fraction of sp³-hybridized carbons (Fsp3) is 1.00. The van der Waals surface area contributed by atoms with E-state index in [9.17, 15) is 5.11 Å². The Labute approximate surface area is 88.1 Å². The van der Waals surface area contributed by atoms with E-state index in [1.54, 1.807) is 7.11 Å². The average molecular weight is 203 g/mol. The van der Waals surface area contributed by atoms with Crippen LogP contribution in [0.4, 0.5) is 0 Å². The van der Waals surface area contributed by atoms with Crippen molar-refractivity contribution in [2.45, 2.75) is 39.2 Å². The first-order valence-electron chi connectivity index (χ1n) is 5.63. The van der Waals surface area contributed by atoms with Gasteiger partial charge < -0.3 is 14.7 Å². The summed E-state index contributed by atoms with van der Waals surface area (Å²) in [5.41, 5.74) is 0. The number of hydrogen-bond acceptors (Lipinski definition) is 3. The number of hydrogen-bond donors (Lipinski definition) is 1. The predicted octanol–water partition coefficient (Wildman–Crippen LogP) is 1.51. The van der Waals surface area contributed by atoms with Crippen LogP contribution < -0.4 is 0 Å². The van der Waals surface area contributed by atoms with E-state index in [0.717, 1.165) is 26.1 Å². The first-order chi connectivity index (χ1) is 6.74. The van der Waals surface area contributed by atoms with Gasteiger partial charge in [-0.25, -0.2) is 0 Å². The van der Waals surface area contributed by atoms with Crippen LogP contribution in [0.3, 0.4) is 0 Å². The van der Waals surface area contributed by atoms with Crippen LogP contribution in [-0.4, -0.2) is 49.5 Å². The summed E-state index contributed by atoms with van der Waals surface area (Å²) in [7, 11) is 1.62. The lowest BCUT2D eigenvalue weighted by Gasteiger charge is -2.22. The van der Waals surface area contributed by atoms with Gasteiger partial charge in [0.1, 0.15) is 0 Å². The lowest BCUT2D eigenvalue weighted by Crippen LogP contribution is -2.30. The van der Waals surface area contributed by atoms with Crippen LogP contribution in [0.25, 0.3) is 0 Å². The third-order valence-electron chi connectivity index (χ3n) is 2.22. The van der Waals surface area contributed by atoms with Gasteiger partial charge in [0.05, 0.1) is 12.7 Å². The topological polar surface area (TPSA) is 32.7 Å². The number of aliphatic hydroxyl groups is 1. The highest BCUT2D eigenvalue weighted by Gasteiger charge is 2.07. The number of ether oxygens (including phenoxy) is 1. The molecule has 1 N–H and O–H groups in total. The maximum Gasteiger partial charge on any atom is 0.0785 e. The Hall–Kier alpha value is -0.120. The molecule has 0 aromatic carbocycles. The van der Waals surface area contributed by atoms with Crippen molar-refractivity contribution in [3.05, 3.63) is 0 Å². The average Bonchev–Trinajstić information content (AvgIpc) is 2.15. The van der Waals surface area contributed by atoms with Crippen molar-refractivity contribution in [3.63, 3.8) is 0 Å². The molecule has 1 unspecified atom stereocenters. The van der Waals surface area contributed by atoms with Crippen LogP contribution in [0.15, 0.2) is 0 Å². The minimum absolute atomic E-state index is 0.309. The third kappa shape index (κ3) is 7.30. The molecule has 0 aromatic heterocycles. The molecule has 0 radical (unpaired) electrons. The lowest BCUT2D eigenvalue weighted by molar-refractivity contribution is 0.0515. The first-order valence-corrected chi connectivity index (χ1v) is 5.63. The Bertz CT molecular complexity index is 114. The molecule has 0 bridgehead atoms. The third-order valence-corrected chi connectivity index (χ3v) is 2.22. The van der Waals surface area contributed by atoms with Gasteiger partial charge in [0.2, 0.25) is 0 Å². The maximum absolute atomic E-state index is 9.48. The molecule has 0 aliphatic rings. The Kier molecular flexibility index (Phi) is 9.35. The van der Waals surface area contributed by atoms with Gasteiger partial charge in [-0.3, -0.25) is 0 Å². The van der Waals surface area contributed by atoms with Crippen molar-refractivity contribution < 1.29 is 9.84 Å². The summed E-state index contributed by atoms with van der Waals surface area (Å²) in [5, 5.41) is 9.48. The van der Waals surface area contributed by atoms with Crippen LogP contribution in [0.2, 0.25) is 0 Å². The van der Waals surface area contributed by atoms with Gasteiger partial charge in [-0.05, 0) is 32.4 Å². The zero-order valence-electron chi connectivity index (χ0n) is 9.83. The Morgan fingerprint density at radius 3 is 2.14 bits per heavy atom. The molecule has 0 aliphatic carbocycles. The fourth-order valence-corrected chi connectivity index (χ4v) is 1.58. The zero-order valence-corrected chi connectivity index (χ0v) is 9.83. The molecule has 14 heavy (non-hydrogen) atoms. The normalized spacial score (nSPS) is 13.5. The Morgan fingerprint density at radius 1 is 1.14 bits per heavy atom. The van der Waals surface area contributed by atoms with E-state index >= 15 is 0 Å². The molecule has 0 saturated heterocycles. The van der Waals surface area contributed by atoms with Crippen LogP contribution in [0.1, 0.15) is 33.1 Å². The summed E-state index contributed by atoms with van der Waals surface area (Å²) >= 11 is 0. The summed E-state index contributed by atoms with van der Waals surface area (Å²) < 4.78 is 4.89. The number of aliphatic hydroxyl groups excluding tert-OH is 1. The van der Waals surface area contributed by atoms with Crippen molar-refractivity contribution in [1.29, 1.82) is 0 Å². The largest absolute Gasteiger partial charge is 0.391 e. The van der Waals surface area contributed by atoms with Gasteiger partial charge in [0.25, 0.3) is 0 Å². The SMILES string of the molecule is CCCN(CCC)CCC(O)COC. The second-order valence-electron chi connectivity index (χ2n) is 3.74. The monoisotopic (exact) mass is 203 g/mol. The summed E-state index contributed by atoms with van der Waals surface area (Å²) in [5.74, 6) is 0. The molecule has 0 aliphatic heterocycles. The molecule has 86 valence electrons. The molecular formula is C11H25NO2. The highest BCUT2D eigenvalue weighted by Crippen LogP contribution is 1.99. The summed E-state index contributed by atoms with van der Waals surface area (Å²) in [6, 6.07) is 0. The van der Waals surface area contributed by atoms with Gasteiger partial charge in [-0.2, -0.15) is 0 Å². The van der Waals surface area contributed by atoms with E-state index in [1.807, 2.05) is 0 Å². The fourth-order valence-electron chi connectivity index (χ4n) is 1.58. The molecule has 0 fully saturated rings. The van der Waals surface area contributed by atoms with E-state index in [2.05, 4.69) is 18.7 Å². The van der Waals surface area contributed by atoms with Gasteiger partial charge in [-0.1, -0.05) is 13.8 Å². The Balaban J connectivity index is 3.57. The molecule has 0 amide bonds. The van der Waals surface area contributed by atoms with E-state index in [1.165, 1.54) is 12.8 Å². The summed E-state index contributed by atoms with van der Waals surface area (Å²) in [4.78, 5) is 2.40. The second-order valence-corrected chi connectivity index (χ2v) is 3.74. The van der Waals surface area contributed by atoms with E-state index in [0.29, 0.717) is 6.61 Å². The number of nitrogens with zero attached hydrogens (tertiary/aromatic N) is 1. The molecule has 3 nitrogen and oxygen atoms in total. The van der Waals surface area contributed by atoms with Crippen molar-refractivity contribution in [2.24, 2.45) is 0 Å². The molecule has 1 atom stereocenters. The van der Waals surface area contributed by atoms with Gasteiger partial charge >= 0.3 is 0 Å². The summed E-state index contributed by atoms with van der Waals surface area (Å²) in [6.45, 7) is 8.07. The number of rotatable bonds is 9. The van der Waals surface area contributed by atoms with Gasteiger partial charge in [0, 0.05) is 13.7 Å². The van der Waals surface area contributed by atoms with Gasteiger partial charge in [0.15, 0.2) is 0 Å². The van der Waals surface area contributed by atoms with Crippen molar-refractivity contribution in [1.82, 2.24) is 4.90 Å². The van der Waals surface area contributed by atoms with E-state index in [4.69, 9.17) is 4.74 Å². The molecule has 0 aromatic rings. The second kappa shape index (κ2) is 9.44. The zero-order chi connectivity index (χ0) is 10.8. The molecule has 3 heteroatoms. The first kappa shape index (κ1) is 13.9. The van der Waals surface area contributed by atoms with Gasteiger partial charge in [-0.15, -0.1) is 0 Å². The van der Waals surface area contributed by atoms with Crippen molar-refractivity contribution >= 4 is 0 Å². The minimum Gasteiger partial charge on any atom is -0.391 e. The smallest absolute Gasteiger partial charge is 0.0785 e. The van der Waals surface area contributed by atoms with Crippen LogP contribution in [-0.2, 0) is 4.74 Å². The summed E-state index contributed by atoms with van der Waals surface area (Å²) in [6.07, 6.45) is 2.87. The molecule has 0 rings (SSSR count). The predicted molar refractivity (Wildman–Crippen MR) is 59.5 cm³/mol. The molecule has 0 saturated carbocycles. The quantitative estimate of drug-likeness (QED) is 0.616. The van der Waals surface area contributed by atoms with Crippen molar-refractivity contribution in [2.75, 3.05) is 33.4 Å².